The molecule has 1 aromatic carbocycles. The van der Waals surface area contributed by atoms with Gasteiger partial charge in [0.15, 0.2) is 11.3 Å². The number of hydrogen-bond acceptors (Lipinski definition) is 4. The molecule has 0 saturated carbocycles. The average Bonchev–Trinajstić information content (AvgIpc) is 2.48. The number of aromatic nitrogens is 2. The van der Waals surface area contributed by atoms with Crippen molar-refractivity contribution in [3.05, 3.63) is 69.1 Å². The van der Waals surface area contributed by atoms with Crippen LogP contribution in [0.3, 0.4) is 0 Å². The molecule has 0 aliphatic rings. The molecule has 0 unspecified atom stereocenters. The zero-order chi connectivity index (χ0) is 14.1. The smallest absolute Gasteiger partial charge is 0.265 e. The van der Waals surface area contributed by atoms with Crippen molar-refractivity contribution in [3.63, 3.8) is 0 Å². The highest BCUT2D eigenvalue weighted by Crippen LogP contribution is 2.20. The molecule has 98 valence electrons. The van der Waals surface area contributed by atoms with Crippen molar-refractivity contribution >= 4 is 22.9 Å². The first kappa shape index (κ1) is 12.5. The topological polar surface area (TPSA) is 63.8 Å². The summed E-state index contributed by atoms with van der Waals surface area (Å²) < 4.78 is 1.31. The molecule has 0 amide bonds. The normalized spacial score (nSPS) is 10.7. The molecule has 6 heteroatoms. The van der Waals surface area contributed by atoms with Crippen LogP contribution in [-0.2, 0) is 0 Å². The zero-order valence-corrected chi connectivity index (χ0v) is 10.9. The van der Waals surface area contributed by atoms with E-state index in [2.05, 4.69) is 10.2 Å². The fourth-order valence-corrected chi connectivity index (χ4v) is 2.12. The van der Waals surface area contributed by atoms with Crippen LogP contribution < -0.4 is 5.56 Å². The third-order valence-electron chi connectivity index (χ3n) is 2.97. The lowest BCUT2D eigenvalue weighted by Crippen LogP contribution is -2.16. The molecule has 0 radical (unpaired) electrons. The molecule has 5 nitrogen and oxygen atoms in total. The summed E-state index contributed by atoms with van der Waals surface area (Å²) in [6, 6.07) is 9.99. The van der Waals surface area contributed by atoms with E-state index in [1.165, 1.54) is 16.7 Å². The maximum absolute atomic E-state index is 12.4. The van der Waals surface area contributed by atoms with E-state index in [1.54, 1.807) is 36.5 Å². The zero-order valence-electron chi connectivity index (χ0n) is 10.2. The number of pyridine rings is 1. The van der Waals surface area contributed by atoms with Crippen LogP contribution in [0.15, 0.2) is 58.8 Å². The number of benzene rings is 1. The van der Waals surface area contributed by atoms with Gasteiger partial charge in [0.25, 0.3) is 5.56 Å². The summed E-state index contributed by atoms with van der Waals surface area (Å²) in [7, 11) is 0. The second-order valence-electron chi connectivity index (χ2n) is 4.16. The third kappa shape index (κ3) is 1.98. The van der Waals surface area contributed by atoms with Gasteiger partial charge in [-0.05, 0) is 35.0 Å². The van der Waals surface area contributed by atoms with Gasteiger partial charge in [-0.1, -0.05) is 23.7 Å². The van der Waals surface area contributed by atoms with Gasteiger partial charge in [0, 0.05) is 17.4 Å². The molecule has 0 saturated heterocycles. The number of nitroso groups, excluding NO2 is 1. The van der Waals surface area contributed by atoms with Crippen molar-refractivity contribution in [2.45, 2.75) is 0 Å². The quantitative estimate of drug-likeness (QED) is 0.678. The highest BCUT2D eigenvalue weighted by atomic mass is 35.5. The lowest BCUT2D eigenvalue weighted by atomic mass is 10.1. The maximum atomic E-state index is 12.4. The van der Waals surface area contributed by atoms with Crippen LogP contribution in [-0.4, -0.2) is 9.38 Å². The fourth-order valence-electron chi connectivity index (χ4n) is 1.99. The molecule has 0 atom stereocenters. The van der Waals surface area contributed by atoms with Crippen molar-refractivity contribution in [1.29, 1.82) is 0 Å². The van der Waals surface area contributed by atoms with Crippen LogP contribution >= 0.6 is 11.6 Å². The molecule has 0 N–H and O–H groups in total. The van der Waals surface area contributed by atoms with E-state index < -0.39 is 0 Å². The molecule has 0 spiro atoms. The van der Waals surface area contributed by atoms with E-state index in [0.717, 1.165) is 0 Å². The van der Waals surface area contributed by atoms with E-state index in [9.17, 15) is 9.70 Å². The Labute approximate surface area is 118 Å². The first-order valence-electron chi connectivity index (χ1n) is 5.80. The van der Waals surface area contributed by atoms with Gasteiger partial charge in [-0.25, -0.2) is 4.98 Å². The highest BCUT2D eigenvalue weighted by molar-refractivity contribution is 6.30. The van der Waals surface area contributed by atoms with Crippen LogP contribution in [0.2, 0.25) is 5.02 Å². The van der Waals surface area contributed by atoms with Crippen molar-refractivity contribution in [3.8, 4) is 11.1 Å². The number of halogens is 1. The Balaban J connectivity index is 2.29. The number of nitrogens with zero attached hydrogens (tertiary/aromatic N) is 3. The summed E-state index contributed by atoms with van der Waals surface area (Å²) in [5.74, 6) is 0. The molecule has 0 aliphatic carbocycles. The molecule has 0 fully saturated rings. The predicted octanol–water partition coefficient (Wildman–Crippen LogP) is 3.41. The fraction of sp³-hybridized carbons (Fsp3) is 0. The molecule has 2 heterocycles. The summed E-state index contributed by atoms with van der Waals surface area (Å²) in [6.45, 7) is 0. The number of fused-ring (bicyclic) bond motifs is 1. The molecule has 3 rings (SSSR count). The van der Waals surface area contributed by atoms with Gasteiger partial charge >= 0.3 is 0 Å². The number of hydrogen-bond donors (Lipinski definition) is 0. The Hall–Kier alpha value is -2.53. The van der Waals surface area contributed by atoms with Crippen LogP contribution in [0, 0.1) is 4.91 Å². The first-order chi connectivity index (χ1) is 9.70. The molecule has 20 heavy (non-hydrogen) atoms. The van der Waals surface area contributed by atoms with Gasteiger partial charge in [-0.3, -0.25) is 9.20 Å². The van der Waals surface area contributed by atoms with Crippen LogP contribution in [0.4, 0.5) is 5.69 Å². The Morgan fingerprint density at radius 2 is 1.90 bits per heavy atom. The standard InChI is InChI=1S/C14H8ClN3O2/c15-10-5-3-9(4-6-10)11-8-16-13-12(17-20)2-1-7-18(13)14(11)19/h1-8H. The minimum Gasteiger partial charge on any atom is -0.268 e. The van der Waals surface area contributed by atoms with Crippen LogP contribution in [0.1, 0.15) is 0 Å². The summed E-state index contributed by atoms with van der Waals surface area (Å²) in [6.07, 6.45) is 2.99. The molecular weight excluding hydrogens is 278 g/mol. The Bertz CT molecular complexity index is 856. The average molecular weight is 286 g/mol. The monoisotopic (exact) mass is 285 g/mol. The van der Waals surface area contributed by atoms with Gasteiger partial charge in [-0.15, -0.1) is 4.91 Å². The second-order valence-corrected chi connectivity index (χ2v) is 4.60. The summed E-state index contributed by atoms with van der Waals surface area (Å²) in [4.78, 5) is 27.3. The number of rotatable bonds is 2. The van der Waals surface area contributed by atoms with Gasteiger partial charge in [0.1, 0.15) is 0 Å². The van der Waals surface area contributed by atoms with Crippen LogP contribution in [0.5, 0.6) is 0 Å². The van der Waals surface area contributed by atoms with Crippen molar-refractivity contribution in [2.24, 2.45) is 5.18 Å². The Kier molecular flexibility index (Phi) is 3.04. The van der Waals surface area contributed by atoms with Gasteiger partial charge < -0.3 is 0 Å². The predicted molar refractivity (Wildman–Crippen MR) is 77.4 cm³/mol. The van der Waals surface area contributed by atoms with Gasteiger partial charge in [-0.2, -0.15) is 0 Å². The largest absolute Gasteiger partial charge is 0.268 e. The molecule has 0 aliphatic heterocycles. The first-order valence-corrected chi connectivity index (χ1v) is 6.18. The van der Waals surface area contributed by atoms with Crippen molar-refractivity contribution in [2.75, 3.05) is 0 Å². The lowest BCUT2D eigenvalue weighted by Gasteiger charge is -2.05. The van der Waals surface area contributed by atoms with Gasteiger partial charge in [0.05, 0.1) is 5.56 Å². The Morgan fingerprint density at radius 3 is 2.60 bits per heavy atom. The van der Waals surface area contributed by atoms with Gasteiger partial charge in [0.2, 0.25) is 0 Å². The minimum absolute atomic E-state index is 0.132. The minimum atomic E-state index is -0.261. The maximum Gasteiger partial charge on any atom is 0.265 e. The SMILES string of the molecule is O=Nc1cccn2c(=O)c(-c3ccc(Cl)cc3)cnc12. The highest BCUT2D eigenvalue weighted by Gasteiger charge is 2.09. The van der Waals surface area contributed by atoms with E-state index in [-0.39, 0.29) is 16.9 Å². The summed E-state index contributed by atoms with van der Waals surface area (Å²) in [5.41, 5.74) is 1.26. The molecule has 3 aromatic rings. The molecule has 0 bridgehead atoms. The second kappa shape index (κ2) is 4.86. The molecule has 2 aromatic heterocycles. The van der Waals surface area contributed by atoms with Crippen molar-refractivity contribution < 1.29 is 0 Å². The summed E-state index contributed by atoms with van der Waals surface area (Å²) in [5, 5.41) is 3.46. The Morgan fingerprint density at radius 1 is 1.15 bits per heavy atom. The van der Waals surface area contributed by atoms with E-state index >= 15 is 0 Å². The van der Waals surface area contributed by atoms with E-state index in [4.69, 9.17) is 11.6 Å². The van der Waals surface area contributed by atoms with Crippen LogP contribution in [0.25, 0.3) is 16.8 Å². The molecular formula is C14H8ClN3O2. The third-order valence-corrected chi connectivity index (χ3v) is 3.22. The summed E-state index contributed by atoms with van der Waals surface area (Å²) >= 11 is 5.83. The lowest BCUT2D eigenvalue weighted by molar-refractivity contribution is 1.05. The van der Waals surface area contributed by atoms with E-state index in [0.29, 0.717) is 16.1 Å². The van der Waals surface area contributed by atoms with E-state index in [1.807, 2.05) is 0 Å². The van der Waals surface area contributed by atoms with Crippen molar-refractivity contribution in [1.82, 2.24) is 9.38 Å².